The summed E-state index contributed by atoms with van der Waals surface area (Å²) < 4.78 is 33.7. The van der Waals surface area contributed by atoms with Gasteiger partial charge in [-0.1, -0.05) is 18.1 Å². The maximum absolute atomic E-state index is 11.5. The van der Waals surface area contributed by atoms with Crippen molar-refractivity contribution in [2.24, 2.45) is 22.4 Å². The first-order chi connectivity index (χ1) is 13.3. The fourth-order valence-corrected chi connectivity index (χ4v) is 6.69. The average molecular weight is 408 g/mol. The van der Waals surface area contributed by atoms with Crippen LogP contribution in [-0.2, 0) is 14.9 Å². The zero-order chi connectivity index (χ0) is 20.1. The second-order valence-electron chi connectivity index (χ2n) is 8.88. The van der Waals surface area contributed by atoms with Gasteiger partial charge in [0.25, 0.3) is 0 Å². The van der Waals surface area contributed by atoms with Crippen LogP contribution in [0.5, 0.6) is 5.75 Å². The van der Waals surface area contributed by atoms with E-state index in [1.807, 2.05) is 12.1 Å². The van der Waals surface area contributed by atoms with Gasteiger partial charge in [0.15, 0.2) is 0 Å². The molecule has 0 unspecified atom stereocenters. The Balaban J connectivity index is 1.72. The Morgan fingerprint density at radius 1 is 1.29 bits per heavy atom. The predicted molar refractivity (Wildman–Crippen MR) is 107 cm³/mol. The summed E-state index contributed by atoms with van der Waals surface area (Å²) in [4.78, 5) is 0. The number of benzene rings is 1. The molecular formula is C21H29NO5S. The van der Waals surface area contributed by atoms with Crippen LogP contribution in [0.25, 0.3) is 0 Å². The van der Waals surface area contributed by atoms with Crippen molar-refractivity contribution < 1.29 is 22.5 Å². The number of ether oxygens (including phenoxy) is 1. The second kappa shape index (κ2) is 7.02. The van der Waals surface area contributed by atoms with Crippen LogP contribution in [-0.4, -0.2) is 39.3 Å². The van der Waals surface area contributed by atoms with Crippen LogP contribution in [0.15, 0.2) is 23.4 Å². The quantitative estimate of drug-likeness (QED) is 0.465. The van der Waals surface area contributed by atoms with Crippen LogP contribution in [0.1, 0.15) is 62.0 Å². The third-order valence-corrected chi connectivity index (χ3v) is 7.86. The highest BCUT2D eigenvalue weighted by molar-refractivity contribution is 7.86. The average Bonchev–Trinajstić information content (AvgIpc) is 2.97. The minimum Gasteiger partial charge on any atom is -0.411 e. The summed E-state index contributed by atoms with van der Waals surface area (Å²) in [6, 6.07) is 5.71. The van der Waals surface area contributed by atoms with Gasteiger partial charge < -0.3 is 14.1 Å². The van der Waals surface area contributed by atoms with E-state index < -0.39 is 10.1 Å². The lowest BCUT2D eigenvalue weighted by atomic mass is 9.54. The van der Waals surface area contributed by atoms with Gasteiger partial charge in [-0.15, -0.1) is 0 Å². The van der Waals surface area contributed by atoms with Gasteiger partial charge in [0.05, 0.1) is 18.6 Å². The molecule has 6 nitrogen and oxygen atoms in total. The van der Waals surface area contributed by atoms with Crippen LogP contribution >= 0.6 is 0 Å². The van der Waals surface area contributed by atoms with Gasteiger partial charge in [-0.05, 0) is 73.1 Å². The molecule has 28 heavy (non-hydrogen) atoms. The normalized spacial score (nSPS) is 35.9. The van der Waals surface area contributed by atoms with Crippen molar-refractivity contribution in [2.75, 3.05) is 20.0 Å². The first kappa shape index (κ1) is 19.7. The molecule has 154 valence electrons. The summed E-state index contributed by atoms with van der Waals surface area (Å²) in [6.07, 6.45) is 6.10. The number of hydrogen-bond acceptors (Lipinski definition) is 6. The third kappa shape index (κ3) is 3.22. The lowest BCUT2D eigenvalue weighted by molar-refractivity contribution is 0.0706. The Morgan fingerprint density at radius 3 is 2.75 bits per heavy atom. The Morgan fingerprint density at radius 2 is 2.07 bits per heavy atom. The number of nitrogens with zero attached hydrogens (tertiary/aromatic N) is 1. The van der Waals surface area contributed by atoms with E-state index in [4.69, 9.17) is 8.92 Å². The van der Waals surface area contributed by atoms with E-state index >= 15 is 0 Å². The van der Waals surface area contributed by atoms with Crippen LogP contribution in [0, 0.1) is 17.3 Å². The molecular weight excluding hydrogens is 378 g/mol. The number of fused-ring (bicyclic) bond motifs is 5. The highest BCUT2D eigenvalue weighted by atomic mass is 32.2. The summed E-state index contributed by atoms with van der Waals surface area (Å²) in [6.45, 7) is 2.86. The SMILES string of the molecule is COC[C@@H]1C[C@@H]2[C@H](CC[C@]3(C)/C(=N/O)CC[C@@H]23)c2ccc(OS(C)(=O)=O)cc21. The third-order valence-electron chi connectivity index (χ3n) is 7.37. The van der Waals surface area contributed by atoms with E-state index in [1.54, 1.807) is 13.2 Å². The predicted octanol–water partition coefficient (Wildman–Crippen LogP) is 3.90. The number of hydrogen-bond donors (Lipinski definition) is 1. The zero-order valence-electron chi connectivity index (χ0n) is 16.7. The first-order valence-electron chi connectivity index (χ1n) is 10.0. The lowest BCUT2D eigenvalue weighted by Gasteiger charge is -2.50. The molecule has 1 aromatic carbocycles. The van der Waals surface area contributed by atoms with E-state index in [2.05, 4.69) is 12.1 Å². The Kier molecular flexibility index (Phi) is 4.94. The maximum atomic E-state index is 11.5. The summed E-state index contributed by atoms with van der Waals surface area (Å²) in [5.74, 6) is 2.06. The number of rotatable bonds is 4. The molecule has 4 rings (SSSR count). The molecule has 3 aliphatic carbocycles. The van der Waals surface area contributed by atoms with Gasteiger partial charge in [-0.25, -0.2) is 0 Å². The monoisotopic (exact) mass is 407 g/mol. The molecule has 0 heterocycles. The van der Waals surface area contributed by atoms with E-state index in [1.165, 1.54) is 5.56 Å². The Bertz CT molecular complexity index is 896. The van der Waals surface area contributed by atoms with E-state index in [0.717, 1.165) is 49.6 Å². The molecule has 0 spiro atoms. The van der Waals surface area contributed by atoms with Crippen molar-refractivity contribution in [3.8, 4) is 5.75 Å². The fourth-order valence-electron chi connectivity index (χ4n) is 6.24. The number of oxime groups is 1. The van der Waals surface area contributed by atoms with E-state index in [-0.39, 0.29) is 11.3 Å². The molecule has 2 fully saturated rings. The van der Waals surface area contributed by atoms with E-state index in [9.17, 15) is 13.6 Å². The molecule has 0 amide bonds. The molecule has 5 atom stereocenters. The molecule has 0 bridgehead atoms. The Hall–Kier alpha value is -1.60. The van der Waals surface area contributed by atoms with Crippen molar-refractivity contribution in [1.29, 1.82) is 0 Å². The van der Waals surface area contributed by atoms with Crippen LogP contribution in [0.3, 0.4) is 0 Å². The smallest absolute Gasteiger partial charge is 0.306 e. The van der Waals surface area contributed by atoms with Crippen molar-refractivity contribution >= 4 is 15.8 Å². The van der Waals surface area contributed by atoms with Crippen molar-refractivity contribution in [1.82, 2.24) is 0 Å². The molecule has 7 heteroatoms. The van der Waals surface area contributed by atoms with Crippen molar-refractivity contribution in [2.45, 2.75) is 50.9 Å². The van der Waals surface area contributed by atoms with Crippen molar-refractivity contribution in [3.05, 3.63) is 29.3 Å². The summed E-state index contributed by atoms with van der Waals surface area (Å²) in [5, 5.41) is 13.1. The van der Waals surface area contributed by atoms with Gasteiger partial charge in [-0.2, -0.15) is 8.42 Å². The lowest BCUT2D eigenvalue weighted by Crippen LogP contribution is -2.43. The van der Waals surface area contributed by atoms with Crippen LogP contribution in [0.4, 0.5) is 0 Å². The van der Waals surface area contributed by atoms with Gasteiger partial charge in [0, 0.05) is 18.4 Å². The highest BCUT2D eigenvalue weighted by Gasteiger charge is 2.54. The van der Waals surface area contributed by atoms with Gasteiger partial charge >= 0.3 is 10.1 Å². The molecule has 0 aromatic heterocycles. The standard InChI is InChI=1S/C21H29NO5S/c1-21-9-8-16-15-5-4-14(27-28(3,24)25)11-17(15)13(12-26-2)10-18(16)19(21)6-7-20(21)22-23/h4-5,11,13,16,18-19,23H,6-10,12H2,1-3H3/b22-20+/t13-,16+,18+,19-,21-/m0/s1. The molecule has 1 N–H and O–H groups in total. The van der Waals surface area contributed by atoms with Gasteiger partial charge in [0.1, 0.15) is 5.75 Å². The van der Waals surface area contributed by atoms with Crippen molar-refractivity contribution in [3.63, 3.8) is 0 Å². The van der Waals surface area contributed by atoms with Crippen LogP contribution < -0.4 is 4.18 Å². The van der Waals surface area contributed by atoms with E-state index in [0.29, 0.717) is 30.1 Å². The summed E-state index contributed by atoms with van der Waals surface area (Å²) in [7, 11) is -1.85. The minimum atomic E-state index is -3.55. The van der Waals surface area contributed by atoms with Gasteiger partial charge in [0.2, 0.25) is 0 Å². The zero-order valence-corrected chi connectivity index (χ0v) is 17.5. The molecule has 1 aromatic rings. The molecule has 3 aliphatic rings. The number of methoxy groups -OCH3 is 1. The Labute approximate surface area is 167 Å². The fraction of sp³-hybridized carbons (Fsp3) is 0.667. The highest BCUT2D eigenvalue weighted by Crippen LogP contribution is 2.61. The molecule has 0 radical (unpaired) electrons. The topological polar surface area (TPSA) is 85.2 Å². The summed E-state index contributed by atoms with van der Waals surface area (Å²) >= 11 is 0. The molecule has 0 saturated heterocycles. The largest absolute Gasteiger partial charge is 0.411 e. The molecule has 0 aliphatic heterocycles. The second-order valence-corrected chi connectivity index (χ2v) is 10.5. The first-order valence-corrected chi connectivity index (χ1v) is 11.8. The van der Waals surface area contributed by atoms with Crippen LogP contribution in [0.2, 0.25) is 0 Å². The minimum absolute atomic E-state index is 0.00954. The summed E-state index contributed by atoms with van der Waals surface area (Å²) in [5.41, 5.74) is 3.41. The van der Waals surface area contributed by atoms with Gasteiger partial charge in [-0.3, -0.25) is 0 Å². The maximum Gasteiger partial charge on any atom is 0.306 e. The molecule has 2 saturated carbocycles.